The van der Waals surface area contributed by atoms with Crippen LogP contribution in [0.3, 0.4) is 0 Å². The molecule has 2 aliphatic carbocycles. The molecule has 3 N–H and O–H groups in total. The fraction of sp³-hybridized carbons (Fsp3) is 1.00. The van der Waals surface area contributed by atoms with Gasteiger partial charge in [0.05, 0.1) is 11.7 Å². The number of nitrogens with one attached hydrogen (secondary N) is 1. The summed E-state index contributed by atoms with van der Waals surface area (Å²) in [6.07, 6.45) is 8.02. The molecular formula is C15H29NO2. The van der Waals surface area contributed by atoms with E-state index < -0.39 is 5.60 Å². The quantitative estimate of drug-likeness (QED) is 0.725. The van der Waals surface area contributed by atoms with Crippen LogP contribution in [0.2, 0.25) is 0 Å². The van der Waals surface area contributed by atoms with Gasteiger partial charge in [0.15, 0.2) is 0 Å². The van der Waals surface area contributed by atoms with Gasteiger partial charge in [-0.25, -0.2) is 0 Å². The molecule has 0 radical (unpaired) electrons. The Bertz CT molecular complexity index is 268. The highest BCUT2D eigenvalue weighted by atomic mass is 16.3. The van der Waals surface area contributed by atoms with Crippen LogP contribution in [0.1, 0.15) is 65.2 Å². The molecule has 2 fully saturated rings. The van der Waals surface area contributed by atoms with Crippen LogP contribution in [0, 0.1) is 5.41 Å². The SMILES string of the molecule is CC1(C)CCC(O)(CN[C@H]2CCCC[C@@H]2O)CC1. The molecule has 2 saturated carbocycles. The summed E-state index contributed by atoms with van der Waals surface area (Å²) in [6.45, 7) is 5.21. The first kappa shape index (κ1) is 14.3. The van der Waals surface area contributed by atoms with Gasteiger partial charge in [-0.15, -0.1) is 0 Å². The van der Waals surface area contributed by atoms with Crippen molar-refractivity contribution in [2.75, 3.05) is 6.54 Å². The third-order valence-electron chi connectivity index (χ3n) is 4.96. The molecule has 0 spiro atoms. The molecule has 0 aromatic carbocycles. The molecule has 2 rings (SSSR count). The van der Waals surface area contributed by atoms with Gasteiger partial charge in [0.1, 0.15) is 0 Å². The first-order valence-electron chi connectivity index (χ1n) is 7.54. The van der Waals surface area contributed by atoms with Gasteiger partial charge in [0.25, 0.3) is 0 Å². The molecule has 0 heterocycles. The highest BCUT2D eigenvalue weighted by molar-refractivity contribution is 4.92. The maximum absolute atomic E-state index is 10.6. The summed E-state index contributed by atoms with van der Waals surface area (Å²) < 4.78 is 0. The number of aliphatic hydroxyl groups is 2. The Hall–Kier alpha value is -0.120. The first-order valence-corrected chi connectivity index (χ1v) is 7.54. The van der Waals surface area contributed by atoms with Crippen molar-refractivity contribution in [3.05, 3.63) is 0 Å². The maximum atomic E-state index is 10.6. The fourth-order valence-electron chi connectivity index (χ4n) is 3.24. The van der Waals surface area contributed by atoms with Gasteiger partial charge in [-0.1, -0.05) is 26.7 Å². The van der Waals surface area contributed by atoms with Crippen LogP contribution >= 0.6 is 0 Å². The van der Waals surface area contributed by atoms with E-state index >= 15 is 0 Å². The van der Waals surface area contributed by atoms with E-state index in [0.717, 1.165) is 44.9 Å². The van der Waals surface area contributed by atoms with E-state index in [1.165, 1.54) is 6.42 Å². The lowest BCUT2D eigenvalue weighted by molar-refractivity contribution is -0.0313. The monoisotopic (exact) mass is 255 g/mol. The second-order valence-electron chi connectivity index (χ2n) is 7.23. The lowest BCUT2D eigenvalue weighted by atomic mass is 9.71. The van der Waals surface area contributed by atoms with Crippen LogP contribution in [-0.4, -0.2) is 34.5 Å². The molecule has 0 amide bonds. The second-order valence-corrected chi connectivity index (χ2v) is 7.23. The van der Waals surface area contributed by atoms with Gasteiger partial charge in [-0.3, -0.25) is 0 Å². The molecule has 0 saturated heterocycles. The van der Waals surface area contributed by atoms with Crippen LogP contribution in [0.5, 0.6) is 0 Å². The van der Waals surface area contributed by atoms with Gasteiger partial charge >= 0.3 is 0 Å². The zero-order valence-electron chi connectivity index (χ0n) is 11.9. The minimum absolute atomic E-state index is 0.192. The van der Waals surface area contributed by atoms with Crippen LogP contribution in [0.15, 0.2) is 0 Å². The van der Waals surface area contributed by atoms with Crippen molar-refractivity contribution in [3.8, 4) is 0 Å². The van der Waals surface area contributed by atoms with Crippen LogP contribution in [-0.2, 0) is 0 Å². The standard InChI is InChI=1S/C15H29NO2/c1-14(2)7-9-15(18,10-8-14)11-16-12-5-3-4-6-13(12)17/h12-13,16-18H,3-11H2,1-2H3/t12-,13-/m0/s1. The van der Waals surface area contributed by atoms with Crippen LogP contribution in [0.4, 0.5) is 0 Å². The van der Waals surface area contributed by atoms with Gasteiger partial charge < -0.3 is 15.5 Å². The molecule has 3 nitrogen and oxygen atoms in total. The van der Waals surface area contributed by atoms with Crippen molar-refractivity contribution in [2.24, 2.45) is 5.41 Å². The minimum Gasteiger partial charge on any atom is -0.392 e. The fourth-order valence-corrected chi connectivity index (χ4v) is 3.24. The zero-order chi connectivity index (χ0) is 13.2. The Morgan fingerprint density at radius 3 is 2.28 bits per heavy atom. The first-order chi connectivity index (χ1) is 8.40. The number of hydrogen-bond acceptors (Lipinski definition) is 3. The highest BCUT2D eigenvalue weighted by Gasteiger charge is 2.37. The van der Waals surface area contributed by atoms with E-state index in [1.54, 1.807) is 0 Å². The normalized spacial score (nSPS) is 35.3. The summed E-state index contributed by atoms with van der Waals surface area (Å²) in [5.41, 5.74) is -0.163. The maximum Gasteiger partial charge on any atom is 0.0772 e. The topological polar surface area (TPSA) is 52.5 Å². The van der Waals surface area contributed by atoms with Gasteiger partial charge in [-0.2, -0.15) is 0 Å². The largest absolute Gasteiger partial charge is 0.392 e. The zero-order valence-corrected chi connectivity index (χ0v) is 11.9. The molecule has 3 heteroatoms. The van der Waals surface area contributed by atoms with E-state index in [0.29, 0.717) is 12.0 Å². The van der Waals surface area contributed by atoms with E-state index in [1.807, 2.05) is 0 Å². The Morgan fingerprint density at radius 1 is 1.06 bits per heavy atom. The van der Waals surface area contributed by atoms with Crippen LogP contribution < -0.4 is 5.32 Å². The molecule has 0 aliphatic heterocycles. The second kappa shape index (κ2) is 5.48. The summed E-state index contributed by atoms with van der Waals surface area (Å²) >= 11 is 0. The molecule has 2 atom stereocenters. The van der Waals surface area contributed by atoms with Crippen molar-refractivity contribution < 1.29 is 10.2 Å². The molecular weight excluding hydrogens is 226 g/mol. The summed E-state index contributed by atoms with van der Waals surface area (Å²) in [5.74, 6) is 0. The average molecular weight is 255 g/mol. The third kappa shape index (κ3) is 3.69. The van der Waals surface area contributed by atoms with Gasteiger partial charge in [-0.05, 0) is 43.9 Å². The minimum atomic E-state index is -0.549. The molecule has 2 aliphatic rings. The predicted molar refractivity (Wildman–Crippen MR) is 73.5 cm³/mol. The lowest BCUT2D eigenvalue weighted by Gasteiger charge is -2.41. The van der Waals surface area contributed by atoms with Crippen molar-refractivity contribution >= 4 is 0 Å². The third-order valence-corrected chi connectivity index (χ3v) is 4.96. The van der Waals surface area contributed by atoms with Crippen LogP contribution in [0.25, 0.3) is 0 Å². The number of rotatable bonds is 3. The van der Waals surface area contributed by atoms with Crippen molar-refractivity contribution in [1.29, 1.82) is 0 Å². The Kier molecular flexibility index (Phi) is 4.35. The molecule has 106 valence electrons. The average Bonchev–Trinajstić information content (AvgIpc) is 2.33. The van der Waals surface area contributed by atoms with Crippen molar-refractivity contribution in [3.63, 3.8) is 0 Å². The Balaban J connectivity index is 1.79. The smallest absolute Gasteiger partial charge is 0.0772 e. The summed E-state index contributed by atoms with van der Waals surface area (Å²) in [6, 6.07) is 0.192. The molecule has 0 bridgehead atoms. The lowest BCUT2D eigenvalue weighted by Crippen LogP contribution is -2.51. The van der Waals surface area contributed by atoms with E-state index in [2.05, 4.69) is 19.2 Å². The number of hydrogen-bond donors (Lipinski definition) is 3. The summed E-state index contributed by atoms with van der Waals surface area (Å²) in [7, 11) is 0. The number of aliphatic hydroxyl groups excluding tert-OH is 1. The Labute approximate surface area is 111 Å². The predicted octanol–water partition coefficient (Wildman–Crippen LogP) is 2.21. The van der Waals surface area contributed by atoms with Gasteiger partial charge in [0.2, 0.25) is 0 Å². The molecule has 0 aromatic heterocycles. The summed E-state index contributed by atoms with van der Waals surface area (Å²) in [4.78, 5) is 0. The highest BCUT2D eigenvalue weighted by Crippen LogP contribution is 2.40. The molecule has 0 unspecified atom stereocenters. The molecule has 18 heavy (non-hydrogen) atoms. The summed E-state index contributed by atoms with van der Waals surface area (Å²) in [5, 5.41) is 23.9. The van der Waals surface area contributed by atoms with Crippen molar-refractivity contribution in [2.45, 2.75) is 83.0 Å². The van der Waals surface area contributed by atoms with E-state index in [-0.39, 0.29) is 12.1 Å². The van der Waals surface area contributed by atoms with E-state index in [9.17, 15) is 10.2 Å². The van der Waals surface area contributed by atoms with E-state index in [4.69, 9.17) is 0 Å². The van der Waals surface area contributed by atoms with Crippen molar-refractivity contribution in [1.82, 2.24) is 5.32 Å². The van der Waals surface area contributed by atoms with Gasteiger partial charge in [0, 0.05) is 12.6 Å². The molecule has 0 aromatic rings. The Morgan fingerprint density at radius 2 is 1.67 bits per heavy atom.